The lowest BCUT2D eigenvalue weighted by Gasteiger charge is -2.32. The first-order chi connectivity index (χ1) is 12.3. The summed E-state index contributed by atoms with van der Waals surface area (Å²) < 4.78 is 5.81. The van der Waals surface area contributed by atoms with Crippen LogP contribution in [-0.4, -0.2) is 40.0 Å². The van der Waals surface area contributed by atoms with E-state index in [9.17, 15) is 4.79 Å². The van der Waals surface area contributed by atoms with Crippen LogP contribution in [0.25, 0.3) is 6.08 Å². The van der Waals surface area contributed by atoms with Crippen molar-refractivity contribution in [1.29, 1.82) is 5.26 Å². The average molecular weight is 334 g/mol. The summed E-state index contributed by atoms with van der Waals surface area (Å²) in [4.78, 5) is 22.2. The summed E-state index contributed by atoms with van der Waals surface area (Å²) in [6, 6.07) is 11.7. The molecule has 0 saturated carbocycles. The van der Waals surface area contributed by atoms with Gasteiger partial charge in [0.25, 0.3) is 5.88 Å². The highest BCUT2D eigenvalue weighted by Crippen LogP contribution is 2.19. The second-order valence-electron chi connectivity index (χ2n) is 5.73. The molecular weight excluding hydrogens is 316 g/mol. The fourth-order valence-electron chi connectivity index (χ4n) is 2.72. The van der Waals surface area contributed by atoms with Crippen LogP contribution in [0.5, 0.6) is 5.88 Å². The van der Waals surface area contributed by atoms with Crippen LogP contribution in [-0.2, 0) is 4.79 Å². The largest absolute Gasteiger partial charge is 0.470 e. The maximum atomic E-state index is 12.4. The first kappa shape index (κ1) is 16.7. The number of carbonyl (C=O) groups excluding carboxylic acids is 1. The van der Waals surface area contributed by atoms with Gasteiger partial charge < -0.3 is 9.64 Å². The molecule has 0 radical (unpaired) electrons. The molecule has 0 aliphatic carbocycles. The molecule has 6 nitrogen and oxygen atoms in total. The number of nitriles is 1. The maximum absolute atomic E-state index is 12.4. The smallest absolute Gasteiger partial charge is 0.251 e. The molecule has 3 rings (SSSR count). The predicted octanol–water partition coefficient (Wildman–Crippen LogP) is 2.43. The average Bonchev–Trinajstić information content (AvgIpc) is 2.67. The summed E-state index contributed by atoms with van der Waals surface area (Å²) >= 11 is 0. The first-order valence-corrected chi connectivity index (χ1v) is 8.16. The molecule has 2 heterocycles. The number of ether oxygens (including phenoxy) is 1. The number of hydrogen-bond donors (Lipinski definition) is 0. The molecule has 1 aromatic carbocycles. The van der Waals surface area contributed by atoms with Crippen molar-refractivity contribution in [2.24, 2.45) is 0 Å². The van der Waals surface area contributed by atoms with Gasteiger partial charge in [-0.2, -0.15) is 5.26 Å². The third-order valence-electron chi connectivity index (χ3n) is 3.96. The van der Waals surface area contributed by atoms with E-state index in [2.05, 4.69) is 9.97 Å². The molecular formula is C19H18N4O2. The Bertz CT molecular complexity index is 799. The SMILES string of the molecule is N#Cc1nccnc1O[C@@H]1CCCN(C(=O)/C=C/c2ccccc2)C1. The summed E-state index contributed by atoms with van der Waals surface area (Å²) in [5, 5.41) is 9.06. The minimum atomic E-state index is -0.188. The normalized spacial score (nSPS) is 17.2. The zero-order valence-electron chi connectivity index (χ0n) is 13.7. The summed E-state index contributed by atoms with van der Waals surface area (Å²) in [5.74, 6) is 0.181. The van der Waals surface area contributed by atoms with Crippen molar-refractivity contribution >= 4 is 12.0 Å². The highest BCUT2D eigenvalue weighted by atomic mass is 16.5. The van der Waals surface area contributed by atoms with Crippen LogP contribution in [0.4, 0.5) is 0 Å². The van der Waals surface area contributed by atoms with Crippen molar-refractivity contribution in [3.8, 4) is 11.9 Å². The number of amides is 1. The third kappa shape index (κ3) is 4.42. The van der Waals surface area contributed by atoms with Gasteiger partial charge in [-0.1, -0.05) is 30.3 Å². The first-order valence-electron chi connectivity index (χ1n) is 8.16. The summed E-state index contributed by atoms with van der Waals surface area (Å²) in [7, 11) is 0. The number of rotatable bonds is 4. The van der Waals surface area contributed by atoms with Crippen LogP contribution in [0.1, 0.15) is 24.1 Å². The van der Waals surface area contributed by atoms with Gasteiger partial charge in [0.1, 0.15) is 12.2 Å². The molecule has 1 amide bonds. The fraction of sp³-hybridized carbons (Fsp3) is 0.263. The topological polar surface area (TPSA) is 79.1 Å². The molecule has 2 aromatic rings. The van der Waals surface area contributed by atoms with Crippen LogP contribution in [0, 0.1) is 11.3 Å². The van der Waals surface area contributed by atoms with Gasteiger partial charge in [0.2, 0.25) is 11.6 Å². The number of carbonyl (C=O) groups is 1. The van der Waals surface area contributed by atoms with Gasteiger partial charge in [0.05, 0.1) is 6.54 Å². The van der Waals surface area contributed by atoms with Crippen LogP contribution in [0.15, 0.2) is 48.8 Å². The van der Waals surface area contributed by atoms with Gasteiger partial charge in [-0.3, -0.25) is 4.79 Å². The monoisotopic (exact) mass is 334 g/mol. The summed E-state index contributed by atoms with van der Waals surface area (Å²) in [5.41, 5.74) is 1.15. The van der Waals surface area contributed by atoms with Gasteiger partial charge in [0.15, 0.2) is 0 Å². The molecule has 0 spiro atoms. The Morgan fingerprint density at radius 2 is 2.08 bits per heavy atom. The minimum Gasteiger partial charge on any atom is -0.470 e. The van der Waals surface area contributed by atoms with Crippen LogP contribution in [0.3, 0.4) is 0 Å². The van der Waals surface area contributed by atoms with Gasteiger partial charge in [0, 0.05) is 25.0 Å². The zero-order valence-corrected chi connectivity index (χ0v) is 13.7. The fourth-order valence-corrected chi connectivity index (χ4v) is 2.72. The molecule has 1 aromatic heterocycles. The highest BCUT2D eigenvalue weighted by molar-refractivity contribution is 5.91. The van der Waals surface area contributed by atoms with Crippen LogP contribution >= 0.6 is 0 Å². The van der Waals surface area contributed by atoms with Gasteiger partial charge in [-0.15, -0.1) is 0 Å². The molecule has 1 fully saturated rings. The van der Waals surface area contributed by atoms with E-state index in [-0.39, 0.29) is 23.6 Å². The number of piperidine rings is 1. The molecule has 1 aliphatic heterocycles. The van der Waals surface area contributed by atoms with Crippen molar-refractivity contribution in [2.45, 2.75) is 18.9 Å². The van der Waals surface area contributed by atoms with Crippen molar-refractivity contribution in [2.75, 3.05) is 13.1 Å². The van der Waals surface area contributed by atoms with E-state index < -0.39 is 0 Å². The van der Waals surface area contributed by atoms with Gasteiger partial charge >= 0.3 is 0 Å². The number of aromatic nitrogens is 2. The molecule has 0 unspecified atom stereocenters. The Morgan fingerprint density at radius 1 is 1.28 bits per heavy atom. The molecule has 6 heteroatoms. The molecule has 126 valence electrons. The van der Waals surface area contributed by atoms with Crippen LogP contribution in [0.2, 0.25) is 0 Å². The Balaban J connectivity index is 1.62. The Kier molecular flexibility index (Phi) is 5.37. The molecule has 1 atom stereocenters. The quantitative estimate of drug-likeness (QED) is 0.802. The third-order valence-corrected chi connectivity index (χ3v) is 3.96. The van der Waals surface area contributed by atoms with E-state index in [1.54, 1.807) is 11.0 Å². The zero-order chi connectivity index (χ0) is 17.5. The Labute approximate surface area is 146 Å². The molecule has 0 bridgehead atoms. The molecule has 25 heavy (non-hydrogen) atoms. The van der Waals surface area contributed by atoms with Crippen LogP contribution < -0.4 is 4.74 Å². The predicted molar refractivity (Wildman–Crippen MR) is 92.5 cm³/mol. The van der Waals surface area contributed by atoms with Crippen molar-refractivity contribution in [3.63, 3.8) is 0 Å². The maximum Gasteiger partial charge on any atom is 0.251 e. The Hall–Kier alpha value is -3.20. The van der Waals surface area contributed by atoms with E-state index >= 15 is 0 Å². The van der Waals surface area contributed by atoms with Gasteiger partial charge in [-0.05, 0) is 24.5 Å². The second kappa shape index (κ2) is 8.06. The molecule has 1 saturated heterocycles. The van der Waals surface area contributed by atoms with E-state index in [1.165, 1.54) is 12.4 Å². The van der Waals surface area contributed by atoms with Crippen molar-refractivity contribution in [3.05, 3.63) is 60.1 Å². The minimum absolute atomic E-state index is 0.0446. The van der Waals surface area contributed by atoms with E-state index in [0.717, 1.165) is 18.4 Å². The molecule has 0 N–H and O–H groups in total. The lowest BCUT2D eigenvalue weighted by molar-refractivity contribution is -0.128. The standard InChI is InChI=1S/C19H18N4O2/c20-13-17-19(22-11-10-21-17)25-16-7-4-12-23(14-16)18(24)9-8-15-5-2-1-3-6-15/h1-3,5-6,8-11,16H,4,7,12,14H2/b9-8+/t16-/m1/s1. The number of benzene rings is 1. The van der Waals surface area contributed by atoms with Crippen molar-refractivity contribution < 1.29 is 9.53 Å². The van der Waals surface area contributed by atoms with Crippen molar-refractivity contribution in [1.82, 2.24) is 14.9 Å². The number of likely N-dealkylation sites (tertiary alicyclic amines) is 1. The lowest BCUT2D eigenvalue weighted by atomic mass is 10.1. The highest BCUT2D eigenvalue weighted by Gasteiger charge is 2.25. The number of hydrogen-bond acceptors (Lipinski definition) is 5. The summed E-state index contributed by atoms with van der Waals surface area (Å²) in [6.07, 6.45) is 7.81. The van der Waals surface area contributed by atoms with E-state index in [1.807, 2.05) is 42.5 Å². The van der Waals surface area contributed by atoms with E-state index in [4.69, 9.17) is 10.00 Å². The Morgan fingerprint density at radius 3 is 2.88 bits per heavy atom. The number of nitrogens with zero attached hydrogens (tertiary/aromatic N) is 4. The van der Waals surface area contributed by atoms with E-state index in [0.29, 0.717) is 13.1 Å². The summed E-state index contributed by atoms with van der Waals surface area (Å²) in [6.45, 7) is 1.17. The lowest BCUT2D eigenvalue weighted by Crippen LogP contribution is -2.43. The van der Waals surface area contributed by atoms with Gasteiger partial charge in [-0.25, -0.2) is 9.97 Å². The second-order valence-corrected chi connectivity index (χ2v) is 5.73. The molecule has 1 aliphatic rings.